The smallest absolute Gasteiger partial charge is 0.236 e. The molecule has 0 amide bonds. The number of hydrogen-bond acceptors (Lipinski definition) is 4. The third kappa shape index (κ3) is 3.54. The SMILES string of the molecule is CCSC1=NNC(=Nc2cccc(Cl)c2)NN1. The van der Waals surface area contributed by atoms with Gasteiger partial charge >= 0.3 is 0 Å². The Morgan fingerprint density at radius 3 is 2.94 bits per heavy atom. The van der Waals surface area contributed by atoms with Crippen molar-refractivity contribution in [1.82, 2.24) is 16.3 Å². The van der Waals surface area contributed by atoms with Gasteiger partial charge in [-0.15, -0.1) is 5.10 Å². The minimum atomic E-state index is 0.535. The van der Waals surface area contributed by atoms with Gasteiger partial charge in [0.15, 0.2) is 5.17 Å². The van der Waals surface area contributed by atoms with Gasteiger partial charge in [0.05, 0.1) is 5.69 Å². The van der Waals surface area contributed by atoms with Crippen LogP contribution < -0.4 is 16.3 Å². The molecular weight excluding hydrogens is 258 g/mol. The molecule has 1 aromatic carbocycles. The lowest BCUT2D eigenvalue weighted by Gasteiger charge is -2.17. The summed E-state index contributed by atoms with van der Waals surface area (Å²) in [6, 6.07) is 7.29. The van der Waals surface area contributed by atoms with Crippen LogP contribution in [0.15, 0.2) is 34.4 Å². The molecule has 90 valence electrons. The van der Waals surface area contributed by atoms with E-state index in [1.807, 2.05) is 12.1 Å². The zero-order valence-corrected chi connectivity index (χ0v) is 10.8. The summed E-state index contributed by atoms with van der Waals surface area (Å²) in [4.78, 5) is 4.30. The van der Waals surface area contributed by atoms with Gasteiger partial charge in [-0.05, 0) is 24.0 Å². The quantitative estimate of drug-likeness (QED) is 0.769. The van der Waals surface area contributed by atoms with E-state index in [4.69, 9.17) is 11.6 Å². The van der Waals surface area contributed by atoms with E-state index in [1.54, 1.807) is 23.9 Å². The van der Waals surface area contributed by atoms with Crippen molar-refractivity contribution in [3.8, 4) is 0 Å². The summed E-state index contributed by atoms with van der Waals surface area (Å²) in [7, 11) is 0. The van der Waals surface area contributed by atoms with Crippen molar-refractivity contribution in [2.24, 2.45) is 10.1 Å². The van der Waals surface area contributed by atoms with E-state index in [0.29, 0.717) is 11.0 Å². The molecular formula is C10H12ClN5S. The molecule has 3 N–H and O–H groups in total. The third-order valence-corrected chi connectivity index (χ3v) is 2.87. The Bertz CT molecular complexity index is 460. The fourth-order valence-electron chi connectivity index (χ4n) is 1.21. The van der Waals surface area contributed by atoms with Crippen LogP contribution in [-0.2, 0) is 0 Å². The minimum absolute atomic E-state index is 0.535. The molecule has 0 aliphatic carbocycles. The van der Waals surface area contributed by atoms with Crippen LogP contribution in [0.2, 0.25) is 5.02 Å². The molecule has 0 spiro atoms. The number of rotatable bonds is 2. The highest BCUT2D eigenvalue weighted by Crippen LogP contribution is 2.17. The second-order valence-electron chi connectivity index (χ2n) is 3.15. The average molecular weight is 270 g/mol. The Hall–Kier alpha value is -1.40. The number of nitrogens with zero attached hydrogens (tertiary/aromatic N) is 2. The van der Waals surface area contributed by atoms with Gasteiger partial charge in [0.25, 0.3) is 0 Å². The highest BCUT2D eigenvalue weighted by molar-refractivity contribution is 8.13. The highest BCUT2D eigenvalue weighted by Gasteiger charge is 2.07. The molecule has 0 fully saturated rings. The van der Waals surface area contributed by atoms with Gasteiger partial charge in [-0.25, -0.2) is 10.4 Å². The van der Waals surface area contributed by atoms with Crippen LogP contribution in [0, 0.1) is 0 Å². The zero-order valence-electron chi connectivity index (χ0n) is 9.20. The summed E-state index contributed by atoms with van der Waals surface area (Å²) < 4.78 is 0. The van der Waals surface area contributed by atoms with E-state index >= 15 is 0 Å². The largest absolute Gasteiger partial charge is 0.275 e. The van der Waals surface area contributed by atoms with Crippen LogP contribution in [0.3, 0.4) is 0 Å². The second-order valence-corrected chi connectivity index (χ2v) is 4.84. The maximum atomic E-state index is 5.87. The average Bonchev–Trinajstić information content (AvgIpc) is 2.32. The van der Waals surface area contributed by atoms with Crippen LogP contribution in [0.5, 0.6) is 0 Å². The van der Waals surface area contributed by atoms with Crippen LogP contribution in [-0.4, -0.2) is 16.9 Å². The molecule has 0 radical (unpaired) electrons. The Balaban J connectivity index is 2.05. The zero-order chi connectivity index (χ0) is 12.1. The summed E-state index contributed by atoms with van der Waals surface area (Å²) >= 11 is 7.47. The maximum Gasteiger partial charge on any atom is 0.236 e. The summed E-state index contributed by atoms with van der Waals surface area (Å²) in [5, 5.41) is 5.55. The Morgan fingerprint density at radius 2 is 2.29 bits per heavy atom. The van der Waals surface area contributed by atoms with Gasteiger partial charge in [0.1, 0.15) is 0 Å². The van der Waals surface area contributed by atoms with Crippen LogP contribution in [0.4, 0.5) is 5.69 Å². The molecule has 1 aliphatic rings. The molecule has 0 atom stereocenters. The highest BCUT2D eigenvalue weighted by atomic mass is 35.5. The van der Waals surface area contributed by atoms with Crippen molar-refractivity contribution in [2.45, 2.75) is 6.92 Å². The van der Waals surface area contributed by atoms with Crippen LogP contribution >= 0.6 is 23.4 Å². The molecule has 0 saturated carbocycles. The first kappa shape index (κ1) is 12.1. The van der Waals surface area contributed by atoms with Gasteiger partial charge in [-0.3, -0.25) is 10.9 Å². The van der Waals surface area contributed by atoms with Crippen molar-refractivity contribution in [3.63, 3.8) is 0 Å². The molecule has 1 heterocycles. The van der Waals surface area contributed by atoms with Gasteiger partial charge in [0, 0.05) is 5.02 Å². The normalized spacial score (nSPS) is 16.8. The first-order valence-electron chi connectivity index (χ1n) is 5.10. The lowest BCUT2D eigenvalue weighted by molar-refractivity contribution is 0.770. The Kier molecular flexibility index (Phi) is 4.11. The van der Waals surface area contributed by atoms with E-state index in [-0.39, 0.29) is 0 Å². The van der Waals surface area contributed by atoms with E-state index in [9.17, 15) is 0 Å². The van der Waals surface area contributed by atoms with Gasteiger partial charge < -0.3 is 0 Å². The number of amidine groups is 1. The van der Waals surface area contributed by atoms with Crippen molar-refractivity contribution in [1.29, 1.82) is 0 Å². The fourth-order valence-corrected chi connectivity index (χ4v) is 1.90. The van der Waals surface area contributed by atoms with Crippen molar-refractivity contribution < 1.29 is 0 Å². The number of guanidine groups is 1. The lowest BCUT2D eigenvalue weighted by Crippen LogP contribution is -2.50. The summed E-state index contributed by atoms with van der Waals surface area (Å²) in [5.74, 6) is 1.49. The summed E-state index contributed by atoms with van der Waals surface area (Å²) in [5.41, 5.74) is 9.44. The predicted octanol–water partition coefficient (Wildman–Crippen LogP) is 2.05. The number of halogens is 1. The molecule has 5 nitrogen and oxygen atoms in total. The minimum Gasteiger partial charge on any atom is -0.275 e. The Labute approximate surface area is 109 Å². The lowest BCUT2D eigenvalue weighted by atomic mass is 10.3. The maximum absolute atomic E-state index is 5.87. The molecule has 1 aliphatic heterocycles. The molecule has 0 saturated heterocycles. The van der Waals surface area contributed by atoms with E-state index in [0.717, 1.165) is 16.6 Å². The molecule has 0 aromatic heterocycles. The van der Waals surface area contributed by atoms with Gasteiger partial charge in [-0.1, -0.05) is 36.4 Å². The van der Waals surface area contributed by atoms with E-state index < -0.39 is 0 Å². The number of thioether (sulfide) groups is 1. The molecule has 0 bridgehead atoms. The Morgan fingerprint density at radius 1 is 1.41 bits per heavy atom. The molecule has 2 rings (SSSR count). The number of aliphatic imine (C=N–C) groups is 1. The van der Waals surface area contributed by atoms with E-state index in [2.05, 4.69) is 33.3 Å². The summed E-state index contributed by atoms with van der Waals surface area (Å²) in [6.07, 6.45) is 0. The van der Waals surface area contributed by atoms with Gasteiger partial charge in [0.2, 0.25) is 5.96 Å². The molecule has 0 unspecified atom stereocenters. The predicted molar refractivity (Wildman–Crippen MR) is 73.5 cm³/mol. The van der Waals surface area contributed by atoms with Gasteiger partial charge in [-0.2, -0.15) is 0 Å². The fraction of sp³-hybridized carbons (Fsp3) is 0.200. The topological polar surface area (TPSA) is 60.8 Å². The van der Waals surface area contributed by atoms with Crippen molar-refractivity contribution in [3.05, 3.63) is 29.3 Å². The first-order chi connectivity index (χ1) is 8.28. The first-order valence-corrected chi connectivity index (χ1v) is 6.47. The number of hydrazine groups is 1. The molecule has 1 aromatic rings. The molecule has 7 heteroatoms. The number of hydrazone groups is 1. The van der Waals surface area contributed by atoms with Crippen molar-refractivity contribution in [2.75, 3.05) is 5.75 Å². The van der Waals surface area contributed by atoms with E-state index in [1.165, 1.54) is 0 Å². The van der Waals surface area contributed by atoms with Crippen molar-refractivity contribution >= 4 is 40.2 Å². The number of hydrogen-bond donors (Lipinski definition) is 3. The monoisotopic (exact) mass is 269 g/mol. The third-order valence-electron chi connectivity index (χ3n) is 1.88. The standard InChI is InChI=1S/C10H12ClN5S/c1-2-17-10-15-13-9(14-16-10)12-8-5-3-4-7(11)6-8/h3-6H,2H2,1H3,(H,15,16)(H2,12,13,14). The number of benzene rings is 1. The molecule has 17 heavy (non-hydrogen) atoms. The second kappa shape index (κ2) is 5.79. The summed E-state index contributed by atoms with van der Waals surface area (Å²) in [6.45, 7) is 2.06. The van der Waals surface area contributed by atoms with Crippen LogP contribution in [0.25, 0.3) is 0 Å². The van der Waals surface area contributed by atoms with Crippen LogP contribution in [0.1, 0.15) is 6.92 Å². The number of nitrogens with one attached hydrogen (secondary N) is 3.